The van der Waals surface area contributed by atoms with Crippen molar-refractivity contribution in [2.24, 2.45) is 0 Å². The zero-order chi connectivity index (χ0) is 34.5. The van der Waals surface area contributed by atoms with E-state index in [1.165, 1.54) is 0 Å². The van der Waals surface area contributed by atoms with Crippen LogP contribution in [0.25, 0.3) is 0 Å². The molecule has 2 aliphatic heterocycles. The van der Waals surface area contributed by atoms with Gasteiger partial charge in [-0.3, -0.25) is 9.59 Å². The Morgan fingerprint density at radius 1 is 0.633 bits per heavy atom. The highest BCUT2D eigenvalue weighted by atomic mass is 16.5. The van der Waals surface area contributed by atoms with Gasteiger partial charge in [0.1, 0.15) is 42.8 Å². The van der Waals surface area contributed by atoms with E-state index in [-0.39, 0.29) is 17.6 Å². The molecule has 2 heterocycles. The first-order valence-electron chi connectivity index (χ1n) is 16.4. The molecule has 0 atom stereocenters. The molecule has 2 amide bonds. The summed E-state index contributed by atoms with van der Waals surface area (Å²) in [5.74, 6) is 2.47. The summed E-state index contributed by atoms with van der Waals surface area (Å²) in [7, 11) is 0. The summed E-state index contributed by atoms with van der Waals surface area (Å²) >= 11 is 0. The molecule has 0 aromatic heterocycles. The second-order valence-electron chi connectivity index (χ2n) is 12.2. The molecule has 8 nitrogen and oxygen atoms in total. The van der Waals surface area contributed by atoms with Crippen LogP contribution in [0, 0.1) is 27.7 Å². The number of anilines is 2. The number of hydrogen-bond donors (Lipinski definition) is 1. The fourth-order valence-corrected chi connectivity index (χ4v) is 6.18. The topological polar surface area (TPSA) is 88.5 Å². The van der Waals surface area contributed by atoms with Crippen molar-refractivity contribution >= 4 is 23.2 Å². The van der Waals surface area contributed by atoms with Crippen molar-refractivity contribution in [3.8, 4) is 23.0 Å². The van der Waals surface area contributed by atoms with Crippen LogP contribution in [0.5, 0.6) is 23.0 Å². The van der Waals surface area contributed by atoms with Crippen molar-refractivity contribution in [1.29, 1.82) is 0 Å². The van der Waals surface area contributed by atoms with Gasteiger partial charge < -0.3 is 29.1 Å². The highest BCUT2D eigenvalue weighted by Gasteiger charge is 2.26. The number of ether oxygens (including phenoxy) is 3. The molecule has 0 saturated heterocycles. The van der Waals surface area contributed by atoms with Crippen LogP contribution in [-0.4, -0.2) is 43.2 Å². The third-order valence-electron chi connectivity index (χ3n) is 8.62. The van der Waals surface area contributed by atoms with Crippen LogP contribution in [0.1, 0.15) is 48.5 Å². The molecule has 2 aliphatic rings. The molecule has 250 valence electrons. The molecule has 7 rings (SSSR count). The summed E-state index contributed by atoms with van der Waals surface area (Å²) in [6.45, 7) is 10.1. The standard InChI is InChI=1S/C24H23NO3.C17H17NO3/c1-17-14-20(15-18(2)23(17)28-16-19-8-4-3-5-9-19)24(26)25-12-13-27-22-11-7-6-10-21(22)25;1-11-9-13(10-12(2)16(11)19)17(20)18-7-8-21-15-6-4-3-5-14(15)18/h3-11,14-15H,12-13,16H2,1-2H3;3-6,9-10,19H,7-8H2,1-2H3. The third kappa shape index (κ3) is 7.23. The average molecular weight is 657 g/mol. The molecule has 0 radical (unpaired) electrons. The summed E-state index contributed by atoms with van der Waals surface area (Å²) in [5.41, 5.74) is 7.31. The van der Waals surface area contributed by atoms with Gasteiger partial charge in [-0.2, -0.15) is 0 Å². The predicted octanol–water partition coefficient (Wildman–Crippen LogP) is 7.97. The average Bonchev–Trinajstić information content (AvgIpc) is 3.13. The molecule has 5 aromatic rings. The largest absolute Gasteiger partial charge is 0.507 e. The van der Waals surface area contributed by atoms with Crippen molar-refractivity contribution in [2.75, 3.05) is 36.1 Å². The molecule has 0 unspecified atom stereocenters. The minimum Gasteiger partial charge on any atom is -0.507 e. The second kappa shape index (κ2) is 14.6. The summed E-state index contributed by atoms with van der Waals surface area (Å²) in [5, 5.41) is 9.84. The van der Waals surface area contributed by atoms with Crippen LogP contribution in [0.2, 0.25) is 0 Å². The summed E-state index contributed by atoms with van der Waals surface area (Å²) in [6, 6.07) is 32.5. The number of para-hydroxylation sites is 4. The maximum absolute atomic E-state index is 13.2. The van der Waals surface area contributed by atoms with Crippen molar-refractivity contribution < 1.29 is 28.9 Å². The van der Waals surface area contributed by atoms with Crippen molar-refractivity contribution in [3.63, 3.8) is 0 Å². The fraction of sp³-hybridized carbons (Fsp3) is 0.220. The van der Waals surface area contributed by atoms with E-state index in [2.05, 4.69) is 0 Å². The zero-order valence-electron chi connectivity index (χ0n) is 28.2. The smallest absolute Gasteiger partial charge is 0.258 e. The van der Waals surface area contributed by atoms with Crippen LogP contribution in [0.15, 0.2) is 103 Å². The lowest BCUT2D eigenvalue weighted by Crippen LogP contribution is -2.38. The number of carbonyl (C=O) groups excluding carboxylic acids is 2. The van der Waals surface area contributed by atoms with Gasteiger partial charge >= 0.3 is 0 Å². The fourth-order valence-electron chi connectivity index (χ4n) is 6.18. The molecule has 5 aromatic carbocycles. The number of rotatable bonds is 5. The van der Waals surface area contributed by atoms with Crippen molar-refractivity contribution in [2.45, 2.75) is 34.3 Å². The minimum atomic E-state index is -0.0723. The summed E-state index contributed by atoms with van der Waals surface area (Å²) in [4.78, 5) is 29.5. The van der Waals surface area contributed by atoms with Crippen LogP contribution < -0.4 is 24.0 Å². The van der Waals surface area contributed by atoms with Gasteiger partial charge in [-0.25, -0.2) is 0 Å². The maximum atomic E-state index is 13.2. The first-order valence-corrected chi connectivity index (χ1v) is 16.4. The van der Waals surface area contributed by atoms with E-state index in [1.807, 2.05) is 105 Å². The third-order valence-corrected chi connectivity index (χ3v) is 8.62. The highest BCUT2D eigenvalue weighted by molar-refractivity contribution is 6.08. The van der Waals surface area contributed by atoms with Crippen LogP contribution in [0.3, 0.4) is 0 Å². The Kier molecular flexibility index (Phi) is 9.85. The van der Waals surface area contributed by atoms with Crippen LogP contribution in [0.4, 0.5) is 11.4 Å². The normalized spacial score (nSPS) is 13.1. The molecule has 0 aliphatic carbocycles. The predicted molar refractivity (Wildman–Crippen MR) is 191 cm³/mol. The Labute approximate surface area is 287 Å². The number of nitrogens with zero attached hydrogens (tertiary/aromatic N) is 2. The Morgan fingerprint density at radius 2 is 1.06 bits per heavy atom. The van der Waals surface area contributed by atoms with E-state index >= 15 is 0 Å². The van der Waals surface area contributed by atoms with Gasteiger partial charge in [-0.05, 0) is 104 Å². The summed E-state index contributed by atoms with van der Waals surface area (Å²) in [6.07, 6.45) is 0. The molecule has 0 bridgehead atoms. The number of hydrogen-bond acceptors (Lipinski definition) is 6. The van der Waals surface area contributed by atoms with E-state index in [1.54, 1.807) is 35.8 Å². The first-order chi connectivity index (χ1) is 23.7. The number of aromatic hydroxyl groups is 1. The van der Waals surface area contributed by atoms with Crippen LogP contribution in [-0.2, 0) is 6.61 Å². The molecule has 0 spiro atoms. The van der Waals surface area contributed by atoms with Crippen molar-refractivity contribution in [1.82, 2.24) is 0 Å². The minimum absolute atomic E-state index is 0.0171. The van der Waals surface area contributed by atoms with Crippen molar-refractivity contribution in [3.05, 3.63) is 142 Å². The molecule has 0 fully saturated rings. The number of fused-ring (bicyclic) bond motifs is 2. The quantitative estimate of drug-likeness (QED) is 0.207. The SMILES string of the molecule is Cc1cc(C(=O)N2CCOc3ccccc32)cc(C)c1O.Cc1cc(C(=O)N2CCOc3ccccc32)cc(C)c1OCc1ccccc1. The lowest BCUT2D eigenvalue weighted by Gasteiger charge is -2.29. The van der Waals surface area contributed by atoms with E-state index in [0.717, 1.165) is 45.3 Å². The molecule has 49 heavy (non-hydrogen) atoms. The van der Waals surface area contributed by atoms with Gasteiger partial charge in [0.15, 0.2) is 0 Å². The summed E-state index contributed by atoms with van der Waals surface area (Å²) < 4.78 is 17.3. The van der Waals surface area contributed by atoms with E-state index in [0.29, 0.717) is 55.2 Å². The first kappa shape index (κ1) is 33.2. The Morgan fingerprint density at radius 3 is 1.55 bits per heavy atom. The molecule has 8 heteroatoms. The molecule has 1 N–H and O–H groups in total. The molecular weight excluding hydrogens is 616 g/mol. The van der Waals surface area contributed by atoms with Gasteiger partial charge in [0.05, 0.1) is 24.5 Å². The lowest BCUT2D eigenvalue weighted by atomic mass is 10.0. The van der Waals surface area contributed by atoms with Crippen LogP contribution >= 0.6 is 0 Å². The second-order valence-corrected chi connectivity index (χ2v) is 12.2. The zero-order valence-corrected chi connectivity index (χ0v) is 28.2. The van der Waals surface area contributed by atoms with E-state index < -0.39 is 0 Å². The van der Waals surface area contributed by atoms with Gasteiger partial charge in [0.2, 0.25) is 0 Å². The van der Waals surface area contributed by atoms with E-state index in [9.17, 15) is 14.7 Å². The molecular formula is C41H40N2O6. The van der Waals surface area contributed by atoms with Gasteiger partial charge in [0.25, 0.3) is 11.8 Å². The van der Waals surface area contributed by atoms with Gasteiger partial charge in [-0.15, -0.1) is 0 Å². The van der Waals surface area contributed by atoms with Gasteiger partial charge in [-0.1, -0.05) is 54.6 Å². The number of amides is 2. The van der Waals surface area contributed by atoms with E-state index in [4.69, 9.17) is 14.2 Å². The lowest BCUT2D eigenvalue weighted by molar-refractivity contribution is 0.0969. The number of benzene rings is 5. The van der Waals surface area contributed by atoms with Gasteiger partial charge in [0, 0.05) is 11.1 Å². The maximum Gasteiger partial charge on any atom is 0.258 e. The Bertz CT molecular complexity index is 1940. The monoisotopic (exact) mass is 656 g/mol. The Balaban J connectivity index is 0.000000177. The number of aryl methyl sites for hydroxylation is 4. The molecule has 0 saturated carbocycles. The Hall–Kier alpha value is -5.76. The highest BCUT2D eigenvalue weighted by Crippen LogP contribution is 2.35. The number of carbonyl (C=O) groups is 2. The number of phenols is 1. The number of phenolic OH excluding ortho intramolecular Hbond substituents is 1.